The first-order chi connectivity index (χ1) is 9.01. The molecule has 19 heavy (non-hydrogen) atoms. The van der Waals surface area contributed by atoms with Crippen molar-refractivity contribution in [2.45, 2.75) is 11.3 Å². The Bertz CT molecular complexity index is 646. The van der Waals surface area contributed by atoms with Crippen molar-refractivity contribution in [2.75, 3.05) is 13.1 Å². The molecule has 1 aromatic carbocycles. The van der Waals surface area contributed by atoms with Crippen molar-refractivity contribution in [2.24, 2.45) is 5.11 Å². The molecule has 0 atom stereocenters. The third-order valence-corrected chi connectivity index (χ3v) is 3.93. The summed E-state index contributed by atoms with van der Waals surface area (Å²) in [5, 5.41) is 12.1. The molecule has 0 aliphatic carbocycles. The molecule has 0 amide bonds. The van der Waals surface area contributed by atoms with E-state index in [9.17, 15) is 8.42 Å². The normalized spacial score (nSPS) is 10.5. The Morgan fingerprint density at radius 2 is 2.26 bits per heavy atom. The van der Waals surface area contributed by atoms with Crippen molar-refractivity contribution in [3.8, 4) is 6.07 Å². The summed E-state index contributed by atoms with van der Waals surface area (Å²) in [6.07, 6.45) is 0.396. The number of hydrogen-bond donors (Lipinski definition) is 1. The van der Waals surface area contributed by atoms with E-state index in [1.54, 1.807) is 0 Å². The molecule has 0 aliphatic rings. The number of benzene rings is 1. The van der Waals surface area contributed by atoms with Gasteiger partial charge < -0.3 is 0 Å². The summed E-state index contributed by atoms with van der Waals surface area (Å²) in [5.41, 5.74) is 8.27. The lowest BCUT2D eigenvalue weighted by Gasteiger charge is -2.06. The summed E-state index contributed by atoms with van der Waals surface area (Å²) < 4.78 is 26.1. The van der Waals surface area contributed by atoms with E-state index in [1.807, 2.05) is 6.07 Å². The van der Waals surface area contributed by atoms with E-state index in [1.165, 1.54) is 18.2 Å². The van der Waals surface area contributed by atoms with Gasteiger partial charge in [-0.3, -0.25) is 0 Å². The van der Waals surface area contributed by atoms with E-state index in [0.717, 1.165) is 0 Å². The highest BCUT2D eigenvalue weighted by molar-refractivity contribution is 7.89. The molecule has 0 saturated heterocycles. The lowest BCUT2D eigenvalue weighted by Crippen LogP contribution is -2.25. The molecular formula is C10H10ClN5O2S. The van der Waals surface area contributed by atoms with Crippen LogP contribution in [0.4, 0.5) is 0 Å². The van der Waals surface area contributed by atoms with Crippen LogP contribution in [-0.2, 0) is 10.0 Å². The average Bonchev–Trinajstić information content (AvgIpc) is 2.38. The van der Waals surface area contributed by atoms with Gasteiger partial charge in [0.25, 0.3) is 0 Å². The van der Waals surface area contributed by atoms with Gasteiger partial charge in [0.15, 0.2) is 0 Å². The van der Waals surface area contributed by atoms with Crippen LogP contribution in [0.1, 0.15) is 12.0 Å². The Kier molecular flexibility index (Phi) is 5.60. The number of azide groups is 1. The third kappa shape index (κ3) is 4.43. The molecule has 0 heterocycles. The van der Waals surface area contributed by atoms with Crippen molar-refractivity contribution < 1.29 is 8.42 Å². The van der Waals surface area contributed by atoms with E-state index in [-0.39, 0.29) is 28.6 Å². The van der Waals surface area contributed by atoms with Crippen LogP contribution in [0.2, 0.25) is 5.02 Å². The van der Waals surface area contributed by atoms with Gasteiger partial charge in [-0.25, -0.2) is 13.1 Å². The average molecular weight is 300 g/mol. The molecule has 0 saturated carbocycles. The van der Waals surface area contributed by atoms with Crippen LogP contribution >= 0.6 is 11.6 Å². The van der Waals surface area contributed by atoms with Crippen LogP contribution in [0.5, 0.6) is 0 Å². The monoisotopic (exact) mass is 299 g/mol. The van der Waals surface area contributed by atoms with Crippen LogP contribution in [0.3, 0.4) is 0 Å². The number of sulfonamides is 1. The summed E-state index contributed by atoms with van der Waals surface area (Å²) in [6.45, 7) is 0.367. The van der Waals surface area contributed by atoms with Crippen molar-refractivity contribution in [3.05, 3.63) is 39.2 Å². The molecule has 0 radical (unpaired) electrons. The smallest absolute Gasteiger partial charge is 0.211 e. The van der Waals surface area contributed by atoms with Crippen molar-refractivity contribution in [3.63, 3.8) is 0 Å². The largest absolute Gasteiger partial charge is 0.240 e. The first kappa shape index (κ1) is 15.3. The van der Waals surface area contributed by atoms with E-state index in [4.69, 9.17) is 22.4 Å². The van der Waals surface area contributed by atoms with Gasteiger partial charge in [-0.15, -0.1) is 0 Å². The molecule has 0 fully saturated rings. The minimum Gasteiger partial charge on any atom is -0.211 e. The van der Waals surface area contributed by atoms with E-state index in [2.05, 4.69) is 14.7 Å². The minimum atomic E-state index is -3.67. The third-order valence-electron chi connectivity index (χ3n) is 2.16. The first-order valence-corrected chi connectivity index (χ1v) is 7.07. The quantitative estimate of drug-likeness (QED) is 0.375. The maximum Gasteiger partial charge on any atom is 0.240 e. The Labute approximate surface area is 115 Å². The lowest BCUT2D eigenvalue weighted by atomic mass is 10.2. The molecule has 1 aromatic rings. The summed E-state index contributed by atoms with van der Waals surface area (Å²) in [6, 6.07) is 5.71. The number of halogens is 1. The molecule has 0 unspecified atom stereocenters. The van der Waals surface area contributed by atoms with Crippen LogP contribution in [0.15, 0.2) is 28.2 Å². The van der Waals surface area contributed by atoms with Gasteiger partial charge in [0.1, 0.15) is 6.07 Å². The molecule has 1 rings (SSSR count). The maximum absolute atomic E-state index is 11.9. The van der Waals surface area contributed by atoms with Gasteiger partial charge in [-0.2, -0.15) is 5.26 Å². The summed E-state index contributed by atoms with van der Waals surface area (Å²) in [5.74, 6) is 0. The molecule has 0 bridgehead atoms. The van der Waals surface area contributed by atoms with Gasteiger partial charge in [0.2, 0.25) is 10.0 Å². The predicted octanol–water partition coefficient (Wildman–Crippen LogP) is 2.19. The van der Waals surface area contributed by atoms with Crippen molar-refractivity contribution in [1.82, 2.24) is 4.72 Å². The molecular weight excluding hydrogens is 290 g/mol. The molecule has 100 valence electrons. The molecule has 0 spiro atoms. The van der Waals surface area contributed by atoms with Crippen LogP contribution in [0.25, 0.3) is 10.4 Å². The standard InChI is InChI=1S/C10H10ClN5O2S/c11-10-6-9(3-2-8(10)7-12)19(17,18)15-5-1-4-14-16-13/h2-3,6,15H,1,4-5H2. The Morgan fingerprint density at radius 1 is 1.53 bits per heavy atom. The Morgan fingerprint density at radius 3 is 2.84 bits per heavy atom. The maximum atomic E-state index is 11.9. The lowest BCUT2D eigenvalue weighted by molar-refractivity contribution is 0.579. The number of nitrogens with zero attached hydrogens (tertiary/aromatic N) is 4. The second-order valence-electron chi connectivity index (χ2n) is 3.46. The number of rotatable bonds is 6. The number of nitriles is 1. The van der Waals surface area contributed by atoms with Crippen molar-refractivity contribution >= 4 is 21.6 Å². The van der Waals surface area contributed by atoms with Gasteiger partial charge in [-0.05, 0) is 30.2 Å². The first-order valence-electron chi connectivity index (χ1n) is 5.21. The zero-order valence-electron chi connectivity index (χ0n) is 9.74. The van der Waals surface area contributed by atoms with E-state index < -0.39 is 10.0 Å². The topological polar surface area (TPSA) is 119 Å². The second kappa shape index (κ2) is 6.97. The van der Waals surface area contributed by atoms with Gasteiger partial charge in [0.05, 0.1) is 15.5 Å². The van der Waals surface area contributed by atoms with Gasteiger partial charge in [0, 0.05) is 18.0 Å². The predicted molar refractivity (Wildman–Crippen MR) is 70.0 cm³/mol. The molecule has 7 nitrogen and oxygen atoms in total. The highest BCUT2D eigenvalue weighted by atomic mass is 35.5. The number of hydrogen-bond acceptors (Lipinski definition) is 4. The second-order valence-corrected chi connectivity index (χ2v) is 5.63. The molecule has 0 aliphatic heterocycles. The minimum absolute atomic E-state index is 0.0136. The summed E-state index contributed by atoms with van der Waals surface area (Å²) >= 11 is 5.77. The summed E-state index contributed by atoms with van der Waals surface area (Å²) in [4.78, 5) is 2.54. The fraction of sp³-hybridized carbons (Fsp3) is 0.300. The SMILES string of the molecule is N#Cc1ccc(S(=O)(=O)NCCCN=[N+]=[N-])cc1Cl. The summed E-state index contributed by atoms with van der Waals surface area (Å²) in [7, 11) is -3.67. The fourth-order valence-electron chi connectivity index (χ4n) is 1.24. The fourth-order valence-corrected chi connectivity index (χ4v) is 2.63. The molecule has 0 aromatic heterocycles. The molecule has 9 heteroatoms. The number of nitrogens with one attached hydrogen (secondary N) is 1. The highest BCUT2D eigenvalue weighted by Gasteiger charge is 2.14. The highest BCUT2D eigenvalue weighted by Crippen LogP contribution is 2.19. The van der Waals surface area contributed by atoms with Crippen molar-refractivity contribution in [1.29, 1.82) is 5.26 Å². The van der Waals surface area contributed by atoms with Crippen LogP contribution < -0.4 is 4.72 Å². The Hall–Kier alpha value is -1.78. The van der Waals surface area contributed by atoms with Crippen LogP contribution in [-0.4, -0.2) is 21.5 Å². The zero-order chi connectivity index (χ0) is 14.3. The van der Waals surface area contributed by atoms with Gasteiger partial charge in [-0.1, -0.05) is 16.7 Å². The van der Waals surface area contributed by atoms with E-state index >= 15 is 0 Å². The zero-order valence-corrected chi connectivity index (χ0v) is 11.3. The van der Waals surface area contributed by atoms with E-state index in [0.29, 0.717) is 6.42 Å². The molecule has 1 N–H and O–H groups in total. The van der Waals surface area contributed by atoms with Crippen LogP contribution in [0, 0.1) is 11.3 Å². The Balaban J connectivity index is 2.75. The van der Waals surface area contributed by atoms with Gasteiger partial charge >= 0.3 is 0 Å².